The number of amides is 2. The quantitative estimate of drug-likeness (QED) is 0.0350. The molecule has 3 heterocycles. The number of hydrogen-bond donors (Lipinski definition) is 9. The fraction of sp³-hybridized carbons (Fsp3) is 0.571. The first-order chi connectivity index (χ1) is 25.9. The molecule has 3 rings (SSSR count). The zero-order valence-electron chi connectivity index (χ0n) is 30.3. The van der Waals surface area contributed by atoms with Gasteiger partial charge in [-0.3, -0.25) is 32.5 Å². The van der Waals surface area contributed by atoms with Crippen molar-refractivity contribution in [1.82, 2.24) is 30.2 Å². The number of anilines is 1. The summed E-state index contributed by atoms with van der Waals surface area (Å²) in [5, 5.41) is 26.1. The number of aliphatic hydroxyl groups is 2. The van der Waals surface area contributed by atoms with Crippen LogP contribution >= 0.6 is 35.2 Å². The van der Waals surface area contributed by atoms with Gasteiger partial charge in [0, 0.05) is 30.7 Å². The van der Waals surface area contributed by atoms with Crippen LogP contribution in [-0.4, -0.2) is 123 Å². The van der Waals surface area contributed by atoms with Gasteiger partial charge in [-0.25, -0.2) is 28.6 Å². The zero-order chi connectivity index (χ0) is 42.1. The zero-order valence-corrected chi connectivity index (χ0v) is 33.8. The van der Waals surface area contributed by atoms with E-state index in [0.29, 0.717) is 5.75 Å². The lowest BCUT2D eigenvalue weighted by atomic mass is 9.87. The highest BCUT2D eigenvalue weighted by atomic mass is 32.2. The number of aromatic nitrogens is 4. The number of carbonyl (C=O) groups is 3. The molecule has 0 spiro atoms. The summed E-state index contributed by atoms with van der Waals surface area (Å²) in [5.74, 6) is -1.16. The number of hydrogen-bond acceptors (Lipinski definition) is 18. The van der Waals surface area contributed by atoms with Crippen LogP contribution in [0.25, 0.3) is 11.2 Å². The van der Waals surface area contributed by atoms with E-state index in [-0.39, 0.29) is 41.6 Å². The molecule has 28 heteroatoms. The number of ether oxygens (including phenoxy) is 1. The third-order valence-electron chi connectivity index (χ3n) is 7.41. The molecule has 1 saturated heterocycles. The Morgan fingerprint density at radius 1 is 1.07 bits per heavy atom. The summed E-state index contributed by atoms with van der Waals surface area (Å²) >= 11 is 1.01. The number of nitrogens with two attached hydrogens (primary N) is 1. The van der Waals surface area contributed by atoms with Crippen LogP contribution in [0.3, 0.4) is 0 Å². The van der Waals surface area contributed by atoms with Gasteiger partial charge in [-0.05, 0) is 19.9 Å². The highest BCUT2D eigenvalue weighted by molar-refractivity contribution is 8.14. The summed E-state index contributed by atoms with van der Waals surface area (Å²) in [6, 6.07) is 0. The first kappa shape index (κ1) is 47.4. The number of rotatable bonds is 21. The maximum atomic E-state index is 12.7. The molecule has 0 aromatic carbocycles. The van der Waals surface area contributed by atoms with Gasteiger partial charge in [-0.2, -0.15) is 4.31 Å². The van der Waals surface area contributed by atoms with E-state index < -0.39 is 84.6 Å². The second-order valence-electron chi connectivity index (χ2n) is 12.8. The normalized spacial score (nSPS) is 21.7. The summed E-state index contributed by atoms with van der Waals surface area (Å²) in [4.78, 5) is 87.3. The van der Waals surface area contributed by atoms with Crippen LogP contribution in [0.1, 0.15) is 40.3 Å². The van der Waals surface area contributed by atoms with Crippen LogP contribution in [0.15, 0.2) is 36.5 Å². The van der Waals surface area contributed by atoms with Gasteiger partial charge < -0.3 is 50.9 Å². The molecular formula is C28H44N7O17P3S. The van der Waals surface area contributed by atoms with E-state index in [0.717, 1.165) is 34.6 Å². The Labute approximate surface area is 323 Å². The van der Waals surface area contributed by atoms with Crippen LogP contribution in [0.5, 0.6) is 0 Å². The third-order valence-corrected chi connectivity index (χ3v) is 11.3. The van der Waals surface area contributed by atoms with Gasteiger partial charge in [-0.15, -0.1) is 0 Å². The molecule has 24 nitrogen and oxygen atoms in total. The van der Waals surface area contributed by atoms with E-state index in [9.17, 15) is 57.9 Å². The second kappa shape index (κ2) is 20.1. The predicted octanol–water partition coefficient (Wildman–Crippen LogP) is 0.187. The van der Waals surface area contributed by atoms with Crippen LogP contribution < -0.4 is 16.4 Å². The molecule has 314 valence electrons. The van der Waals surface area contributed by atoms with Crippen LogP contribution in [0, 0.1) is 5.41 Å². The Morgan fingerprint density at radius 3 is 2.41 bits per heavy atom. The molecule has 0 saturated carbocycles. The molecule has 2 aromatic rings. The number of imidazole rings is 1. The van der Waals surface area contributed by atoms with Gasteiger partial charge in [0.2, 0.25) is 16.9 Å². The Kier molecular flexibility index (Phi) is 17.1. The standard InChI is InChI=1S/C28H44N7O17P3S/c1-16(2)6-5-7-19(37)56-11-10-30-18(36)8-9-31-26(40)23(39)28(3,4)13-49-55(46,47)52-54(44,45)48-12-17-22(51-53(41,42)43)21(38)27(50-17)35-15-34-20-24(29)32-14-33-25(20)35/h5-7,14-15,17,21-23,27,38-39H,8-13H2,1-4H3,(H,30,36)(H,31,40)(H,44,45)(H,46,47)(H2,29,32,33)(H2,41,42,43). The largest absolute Gasteiger partial charge is 0.481 e. The lowest BCUT2D eigenvalue weighted by molar-refractivity contribution is -0.137. The third kappa shape index (κ3) is 14.8. The number of phosphoric acid groups is 3. The van der Waals surface area contributed by atoms with E-state index in [1.165, 1.54) is 19.9 Å². The van der Waals surface area contributed by atoms with Crippen molar-refractivity contribution in [3.8, 4) is 0 Å². The average molecular weight is 876 g/mol. The minimum atomic E-state index is -5.57. The molecule has 1 aliphatic rings. The number of aliphatic hydroxyl groups excluding tert-OH is 2. The molecule has 0 radical (unpaired) electrons. The fourth-order valence-electron chi connectivity index (χ4n) is 4.65. The molecule has 10 N–H and O–H groups in total. The summed E-state index contributed by atoms with van der Waals surface area (Å²) in [6.45, 7) is 4.22. The van der Waals surface area contributed by atoms with Gasteiger partial charge in [-0.1, -0.05) is 43.3 Å². The van der Waals surface area contributed by atoms with Crippen molar-refractivity contribution in [2.75, 3.05) is 37.8 Å². The molecule has 0 bridgehead atoms. The van der Waals surface area contributed by atoms with Gasteiger partial charge in [0.15, 0.2) is 17.7 Å². The second-order valence-corrected chi connectivity index (χ2v) is 18.2. The first-order valence-corrected chi connectivity index (χ1v) is 21.8. The molecule has 7 unspecified atom stereocenters. The maximum absolute atomic E-state index is 12.7. The van der Waals surface area contributed by atoms with Crippen molar-refractivity contribution in [2.24, 2.45) is 5.41 Å². The van der Waals surface area contributed by atoms with Gasteiger partial charge in [0.05, 0.1) is 19.5 Å². The molecule has 2 amide bonds. The number of fused-ring (bicyclic) bond motifs is 1. The number of nitrogens with zero attached hydrogens (tertiary/aromatic N) is 4. The van der Waals surface area contributed by atoms with Crippen molar-refractivity contribution >= 4 is 69.1 Å². The molecular weight excluding hydrogens is 831 g/mol. The highest BCUT2D eigenvalue weighted by Gasteiger charge is 2.50. The van der Waals surface area contributed by atoms with E-state index in [1.807, 2.05) is 13.8 Å². The summed E-state index contributed by atoms with van der Waals surface area (Å²) < 4.78 is 62.1. The molecule has 56 heavy (non-hydrogen) atoms. The average Bonchev–Trinajstić information content (AvgIpc) is 3.64. The topological polar surface area (TPSA) is 364 Å². The molecule has 2 aromatic heterocycles. The fourth-order valence-corrected chi connectivity index (χ4v) is 8.06. The number of allylic oxidation sites excluding steroid dienone is 3. The van der Waals surface area contributed by atoms with Crippen molar-refractivity contribution in [1.29, 1.82) is 0 Å². The van der Waals surface area contributed by atoms with E-state index in [1.54, 1.807) is 12.2 Å². The van der Waals surface area contributed by atoms with Crippen molar-refractivity contribution < 1.29 is 80.5 Å². The lowest BCUT2D eigenvalue weighted by Crippen LogP contribution is -2.46. The van der Waals surface area contributed by atoms with E-state index in [4.69, 9.17) is 19.5 Å². The van der Waals surface area contributed by atoms with Gasteiger partial charge >= 0.3 is 23.5 Å². The maximum Gasteiger partial charge on any atom is 0.481 e. The highest BCUT2D eigenvalue weighted by Crippen LogP contribution is 2.61. The summed E-state index contributed by atoms with van der Waals surface area (Å²) in [5.41, 5.74) is 5.28. The summed E-state index contributed by atoms with van der Waals surface area (Å²) in [6.07, 6.45) is -2.13. The Bertz CT molecular complexity index is 1920. The molecule has 1 aliphatic heterocycles. The number of nitrogen functional groups attached to an aromatic ring is 1. The Morgan fingerprint density at radius 2 is 1.75 bits per heavy atom. The van der Waals surface area contributed by atoms with Crippen LogP contribution in [0.4, 0.5) is 5.82 Å². The van der Waals surface area contributed by atoms with Crippen molar-refractivity contribution in [2.45, 2.75) is 64.8 Å². The molecule has 7 atom stereocenters. The predicted molar refractivity (Wildman–Crippen MR) is 196 cm³/mol. The van der Waals surface area contributed by atoms with E-state index >= 15 is 0 Å². The number of thioether (sulfide) groups is 1. The monoisotopic (exact) mass is 875 g/mol. The lowest BCUT2D eigenvalue weighted by Gasteiger charge is -2.30. The number of phosphoric ester groups is 3. The van der Waals surface area contributed by atoms with Crippen LogP contribution in [0.2, 0.25) is 0 Å². The smallest absolute Gasteiger partial charge is 0.386 e. The Balaban J connectivity index is 1.49. The van der Waals surface area contributed by atoms with Crippen molar-refractivity contribution in [3.63, 3.8) is 0 Å². The van der Waals surface area contributed by atoms with Gasteiger partial charge in [0.1, 0.15) is 36.3 Å². The molecule has 0 aliphatic carbocycles. The summed E-state index contributed by atoms with van der Waals surface area (Å²) in [7, 11) is -16.4. The van der Waals surface area contributed by atoms with E-state index in [2.05, 4.69) is 34.4 Å². The number of nitrogens with one attached hydrogen (secondary N) is 2. The Hall–Kier alpha value is -2.96. The minimum absolute atomic E-state index is 0.0292. The SMILES string of the molecule is CC(C)=CC=CC(=O)SCCNC(=O)CCNC(=O)C(O)C(C)(C)COP(=O)(O)OP(=O)(O)OCC1OC(n2cnc3c(N)ncnc32)C(O)C1OP(=O)(O)O. The van der Waals surface area contributed by atoms with Gasteiger partial charge in [0.25, 0.3) is 0 Å². The first-order valence-electron chi connectivity index (χ1n) is 16.3. The van der Waals surface area contributed by atoms with Crippen molar-refractivity contribution in [3.05, 3.63) is 36.5 Å². The minimum Gasteiger partial charge on any atom is -0.386 e. The molecule has 1 fully saturated rings. The van der Waals surface area contributed by atoms with Crippen LogP contribution in [-0.2, 0) is 50.7 Å². The number of carbonyl (C=O) groups excluding carboxylic acids is 3.